The summed E-state index contributed by atoms with van der Waals surface area (Å²) in [5, 5.41) is 1.48. The minimum atomic E-state index is 0.00361. The SMILES string of the molecule is Cn1c2c(c3ccccc31)CC1(C)C(CCC3C4CCC(=O)C4(C)CCC31)C2. The van der Waals surface area contributed by atoms with Gasteiger partial charge in [-0.3, -0.25) is 4.79 Å². The fraction of sp³-hybridized carbons (Fsp3) is 0.654. The second-order valence-corrected chi connectivity index (χ2v) is 11.0. The summed E-state index contributed by atoms with van der Waals surface area (Å²) in [6.45, 7) is 4.93. The lowest BCUT2D eigenvalue weighted by Crippen LogP contribution is -2.54. The fourth-order valence-electron chi connectivity index (χ4n) is 8.51. The molecule has 0 aliphatic heterocycles. The molecular weight excluding hydrogens is 342 g/mol. The highest BCUT2D eigenvalue weighted by Gasteiger charge is 2.60. The predicted octanol–water partition coefficient (Wildman–Crippen LogP) is 5.70. The molecule has 0 saturated heterocycles. The maximum absolute atomic E-state index is 12.7. The molecule has 0 amide bonds. The Morgan fingerprint density at radius 3 is 2.71 bits per heavy atom. The van der Waals surface area contributed by atoms with Gasteiger partial charge < -0.3 is 4.57 Å². The zero-order valence-corrected chi connectivity index (χ0v) is 17.6. The molecule has 3 fully saturated rings. The first kappa shape index (κ1) is 17.3. The van der Waals surface area contributed by atoms with Gasteiger partial charge in [-0.05, 0) is 85.7 Å². The minimum absolute atomic E-state index is 0.00361. The Morgan fingerprint density at radius 2 is 1.86 bits per heavy atom. The Labute approximate surface area is 168 Å². The summed E-state index contributed by atoms with van der Waals surface area (Å²) in [5.41, 5.74) is 5.05. The van der Waals surface area contributed by atoms with Crippen molar-refractivity contribution in [3.05, 3.63) is 35.5 Å². The average Bonchev–Trinajstić information content (AvgIpc) is 3.14. The maximum Gasteiger partial charge on any atom is 0.139 e. The van der Waals surface area contributed by atoms with E-state index in [1.54, 1.807) is 11.3 Å². The molecule has 4 aliphatic rings. The largest absolute Gasteiger partial charge is 0.347 e. The second kappa shape index (κ2) is 5.52. The Bertz CT molecular complexity index is 986. The van der Waals surface area contributed by atoms with Gasteiger partial charge in [-0.1, -0.05) is 32.0 Å². The van der Waals surface area contributed by atoms with Gasteiger partial charge in [0.1, 0.15) is 5.78 Å². The van der Waals surface area contributed by atoms with E-state index in [0.717, 1.165) is 37.0 Å². The molecule has 6 unspecified atom stereocenters. The molecule has 3 saturated carbocycles. The standard InChI is InChI=1S/C26H33NO/c1-25-13-12-21-18(20(25)10-11-24(25)28)9-8-16-14-23-19(15-26(16,21)2)17-6-4-5-7-22(17)27(23)3/h4-7,16,18,20-21H,8-15H2,1-3H3. The third-order valence-electron chi connectivity index (χ3n) is 10.1. The maximum atomic E-state index is 12.7. The second-order valence-electron chi connectivity index (χ2n) is 11.0. The topological polar surface area (TPSA) is 22.0 Å². The highest BCUT2D eigenvalue weighted by atomic mass is 16.1. The van der Waals surface area contributed by atoms with Crippen LogP contribution in [-0.4, -0.2) is 10.4 Å². The van der Waals surface area contributed by atoms with Crippen molar-refractivity contribution in [2.24, 2.45) is 41.5 Å². The van der Waals surface area contributed by atoms with Crippen molar-refractivity contribution >= 4 is 16.7 Å². The average molecular weight is 376 g/mol. The summed E-state index contributed by atoms with van der Waals surface area (Å²) in [4.78, 5) is 12.7. The van der Waals surface area contributed by atoms with Gasteiger partial charge in [-0.15, -0.1) is 0 Å². The van der Waals surface area contributed by atoms with E-state index in [0.29, 0.717) is 17.1 Å². The molecule has 6 rings (SSSR count). The highest BCUT2D eigenvalue weighted by molar-refractivity contribution is 5.87. The van der Waals surface area contributed by atoms with Crippen molar-refractivity contribution in [1.82, 2.24) is 4.57 Å². The highest BCUT2D eigenvalue weighted by Crippen LogP contribution is 2.65. The van der Waals surface area contributed by atoms with Crippen LogP contribution in [0.25, 0.3) is 10.9 Å². The third kappa shape index (κ3) is 1.97. The van der Waals surface area contributed by atoms with Gasteiger partial charge in [-0.25, -0.2) is 0 Å². The zero-order valence-electron chi connectivity index (χ0n) is 17.6. The summed E-state index contributed by atoms with van der Waals surface area (Å²) in [5.74, 6) is 3.63. The van der Waals surface area contributed by atoms with Gasteiger partial charge in [0.15, 0.2) is 0 Å². The molecule has 28 heavy (non-hydrogen) atoms. The lowest BCUT2D eigenvalue weighted by atomic mass is 9.45. The third-order valence-corrected chi connectivity index (χ3v) is 10.1. The number of rotatable bonds is 0. The number of carbonyl (C=O) groups is 1. The van der Waals surface area contributed by atoms with Crippen LogP contribution >= 0.6 is 0 Å². The zero-order chi connectivity index (χ0) is 19.3. The van der Waals surface area contributed by atoms with Crippen molar-refractivity contribution in [3.8, 4) is 0 Å². The lowest BCUT2D eigenvalue weighted by molar-refractivity contribution is -0.136. The monoisotopic (exact) mass is 375 g/mol. The first-order valence-corrected chi connectivity index (χ1v) is 11.5. The van der Waals surface area contributed by atoms with Crippen molar-refractivity contribution in [2.75, 3.05) is 0 Å². The smallest absolute Gasteiger partial charge is 0.139 e. The molecule has 0 radical (unpaired) electrons. The van der Waals surface area contributed by atoms with Crippen LogP contribution in [0.4, 0.5) is 0 Å². The molecule has 2 nitrogen and oxygen atoms in total. The van der Waals surface area contributed by atoms with Crippen LogP contribution in [0.2, 0.25) is 0 Å². The summed E-state index contributed by atoms with van der Waals surface area (Å²) >= 11 is 0. The molecule has 2 heteroatoms. The molecule has 1 heterocycles. The van der Waals surface area contributed by atoms with E-state index >= 15 is 0 Å². The quantitative estimate of drug-likeness (QED) is 0.578. The minimum Gasteiger partial charge on any atom is -0.347 e. The molecule has 0 bridgehead atoms. The fourth-order valence-corrected chi connectivity index (χ4v) is 8.51. The number of Topliss-reactive ketones (excluding diaryl/α,β-unsaturated/α-hetero) is 1. The van der Waals surface area contributed by atoms with Gasteiger partial charge in [-0.2, -0.15) is 0 Å². The summed E-state index contributed by atoms with van der Waals surface area (Å²) in [7, 11) is 2.27. The van der Waals surface area contributed by atoms with E-state index in [1.807, 2.05) is 0 Å². The molecule has 0 N–H and O–H groups in total. The lowest BCUT2D eigenvalue weighted by Gasteiger charge is -2.59. The Balaban J connectivity index is 1.43. The van der Waals surface area contributed by atoms with Gasteiger partial charge >= 0.3 is 0 Å². The number of aromatic nitrogens is 1. The number of hydrogen-bond donors (Lipinski definition) is 0. The number of benzene rings is 1. The van der Waals surface area contributed by atoms with Crippen LogP contribution < -0.4 is 0 Å². The summed E-state index contributed by atoms with van der Waals surface area (Å²) < 4.78 is 2.48. The van der Waals surface area contributed by atoms with Crippen LogP contribution in [0.1, 0.15) is 63.6 Å². The van der Waals surface area contributed by atoms with Crippen LogP contribution in [0.15, 0.2) is 24.3 Å². The number of nitrogens with zero attached hydrogens (tertiary/aromatic N) is 1. The van der Waals surface area contributed by atoms with Crippen LogP contribution in [0.3, 0.4) is 0 Å². The van der Waals surface area contributed by atoms with Crippen molar-refractivity contribution in [1.29, 1.82) is 0 Å². The van der Waals surface area contributed by atoms with Gasteiger partial charge in [0.05, 0.1) is 0 Å². The molecule has 1 aromatic carbocycles. The molecule has 6 atom stereocenters. The van der Waals surface area contributed by atoms with E-state index in [2.05, 4.69) is 49.7 Å². The van der Waals surface area contributed by atoms with E-state index < -0.39 is 0 Å². The van der Waals surface area contributed by atoms with Crippen LogP contribution in [-0.2, 0) is 24.7 Å². The van der Waals surface area contributed by atoms with Gasteiger partial charge in [0.2, 0.25) is 0 Å². The van der Waals surface area contributed by atoms with Gasteiger partial charge in [0, 0.05) is 35.5 Å². The predicted molar refractivity (Wildman–Crippen MR) is 113 cm³/mol. The normalized spacial score (nSPS) is 42.0. The number of hydrogen-bond acceptors (Lipinski definition) is 1. The first-order valence-electron chi connectivity index (χ1n) is 11.5. The van der Waals surface area contributed by atoms with Crippen molar-refractivity contribution in [2.45, 2.75) is 65.2 Å². The van der Waals surface area contributed by atoms with Gasteiger partial charge in [0.25, 0.3) is 0 Å². The van der Waals surface area contributed by atoms with Crippen LogP contribution in [0, 0.1) is 34.5 Å². The summed E-state index contributed by atoms with van der Waals surface area (Å²) in [6, 6.07) is 9.01. The molecule has 2 aromatic rings. The molecule has 148 valence electrons. The Kier molecular flexibility index (Phi) is 3.41. The number of fused-ring (bicyclic) bond motifs is 8. The molecular formula is C26H33NO. The van der Waals surface area contributed by atoms with E-state index in [-0.39, 0.29) is 5.41 Å². The van der Waals surface area contributed by atoms with E-state index in [9.17, 15) is 4.79 Å². The number of carbonyl (C=O) groups excluding carboxylic acids is 1. The summed E-state index contributed by atoms with van der Waals surface area (Å²) in [6.07, 6.45) is 9.64. The Morgan fingerprint density at radius 1 is 1.04 bits per heavy atom. The molecule has 0 spiro atoms. The number of ketones is 1. The van der Waals surface area contributed by atoms with Crippen LogP contribution in [0.5, 0.6) is 0 Å². The van der Waals surface area contributed by atoms with Crippen molar-refractivity contribution < 1.29 is 4.79 Å². The number of aryl methyl sites for hydroxylation is 1. The molecule has 1 aromatic heterocycles. The van der Waals surface area contributed by atoms with E-state index in [1.165, 1.54) is 43.0 Å². The Hall–Kier alpha value is -1.57. The first-order chi connectivity index (χ1) is 13.4. The molecule has 4 aliphatic carbocycles. The van der Waals surface area contributed by atoms with Crippen molar-refractivity contribution in [3.63, 3.8) is 0 Å². The van der Waals surface area contributed by atoms with E-state index in [4.69, 9.17) is 0 Å². The number of para-hydroxylation sites is 1.